The number of hydrogen-bond donors (Lipinski definition) is 0. The number of hydrogen-bond acceptors (Lipinski definition) is 3. The van der Waals surface area contributed by atoms with Crippen molar-refractivity contribution in [2.45, 2.75) is 52.6 Å². The van der Waals surface area contributed by atoms with Gasteiger partial charge in [-0.3, -0.25) is 0 Å². The zero-order valence-corrected chi connectivity index (χ0v) is 12.3. The highest BCUT2D eigenvalue weighted by Crippen LogP contribution is 2.52. The van der Waals surface area contributed by atoms with Gasteiger partial charge in [0.2, 0.25) is 0 Å². The molecule has 0 radical (unpaired) electrons. The standard InChI is InChI=1S/C16H23NO2/c1-10-11-5-6-12(7-11)14(10)8-13(9-17)15(18)19-16(2,3)4/h8,10-12,14H,5-7H2,1-4H3/b13-8+. The van der Waals surface area contributed by atoms with Crippen LogP contribution in [0.3, 0.4) is 0 Å². The smallest absolute Gasteiger partial charge is 0.349 e. The molecule has 0 amide bonds. The first-order valence-corrected chi connectivity index (χ1v) is 7.17. The summed E-state index contributed by atoms with van der Waals surface area (Å²) < 4.78 is 5.29. The van der Waals surface area contributed by atoms with Crippen molar-refractivity contribution < 1.29 is 9.53 Å². The van der Waals surface area contributed by atoms with Crippen LogP contribution in [-0.2, 0) is 9.53 Å². The predicted molar refractivity (Wildman–Crippen MR) is 73.0 cm³/mol. The van der Waals surface area contributed by atoms with E-state index in [1.54, 1.807) is 0 Å². The fourth-order valence-electron chi connectivity index (χ4n) is 3.59. The van der Waals surface area contributed by atoms with Gasteiger partial charge in [-0.1, -0.05) is 13.0 Å². The Morgan fingerprint density at radius 3 is 2.42 bits per heavy atom. The number of rotatable bonds is 2. The number of nitrogens with zero attached hydrogens (tertiary/aromatic N) is 1. The summed E-state index contributed by atoms with van der Waals surface area (Å²) in [5.41, 5.74) is -0.368. The topological polar surface area (TPSA) is 50.1 Å². The van der Waals surface area contributed by atoms with Crippen molar-refractivity contribution in [1.82, 2.24) is 0 Å². The first-order valence-electron chi connectivity index (χ1n) is 7.17. The normalized spacial score (nSPS) is 34.2. The number of ether oxygens (including phenoxy) is 1. The minimum Gasteiger partial charge on any atom is -0.456 e. The summed E-state index contributed by atoms with van der Waals surface area (Å²) in [7, 11) is 0. The van der Waals surface area contributed by atoms with Gasteiger partial charge in [0.15, 0.2) is 0 Å². The van der Waals surface area contributed by atoms with Gasteiger partial charge in [0.25, 0.3) is 0 Å². The largest absolute Gasteiger partial charge is 0.456 e. The molecule has 0 saturated heterocycles. The highest BCUT2D eigenvalue weighted by molar-refractivity contribution is 5.93. The van der Waals surface area contributed by atoms with Gasteiger partial charge in [-0.15, -0.1) is 0 Å². The molecule has 0 aromatic rings. The molecule has 3 nitrogen and oxygen atoms in total. The number of carbonyl (C=O) groups excluding carboxylic acids is 1. The SMILES string of the molecule is CC1C2CCC(C2)C1/C=C(\C#N)C(=O)OC(C)(C)C. The van der Waals surface area contributed by atoms with Gasteiger partial charge >= 0.3 is 5.97 Å². The van der Waals surface area contributed by atoms with Gasteiger partial charge in [-0.25, -0.2) is 4.79 Å². The minimum atomic E-state index is -0.548. The summed E-state index contributed by atoms with van der Waals surface area (Å²) in [6, 6.07) is 2.02. The molecule has 2 bridgehead atoms. The van der Waals surface area contributed by atoms with Gasteiger partial charge in [0.05, 0.1) is 0 Å². The third-order valence-corrected chi connectivity index (χ3v) is 4.51. The van der Waals surface area contributed by atoms with Crippen molar-refractivity contribution in [1.29, 1.82) is 5.26 Å². The maximum absolute atomic E-state index is 12.0. The van der Waals surface area contributed by atoms with Crippen LogP contribution in [0.5, 0.6) is 0 Å². The molecule has 0 N–H and O–H groups in total. The van der Waals surface area contributed by atoms with E-state index in [4.69, 9.17) is 4.74 Å². The van der Waals surface area contributed by atoms with Gasteiger partial charge in [-0.2, -0.15) is 5.26 Å². The molecule has 2 fully saturated rings. The second-order valence-corrected chi connectivity index (χ2v) is 6.96. The summed E-state index contributed by atoms with van der Waals surface area (Å²) in [4.78, 5) is 12.0. The van der Waals surface area contributed by atoms with Crippen LogP contribution in [0.1, 0.15) is 47.0 Å². The van der Waals surface area contributed by atoms with Gasteiger partial charge in [0, 0.05) is 0 Å². The quantitative estimate of drug-likeness (QED) is 0.434. The van der Waals surface area contributed by atoms with E-state index in [2.05, 4.69) is 6.92 Å². The molecule has 0 aromatic heterocycles. The Balaban J connectivity index is 2.12. The Bertz CT molecular complexity index is 437. The Labute approximate surface area is 115 Å². The molecule has 104 valence electrons. The number of allylic oxidation sites excluding steroid dienone is 1. The van der Waals surface area contributed by atoms with Crippen molar-refractivity contribution >= 4 is 5.97 Å². The lowest BCUT2D eigenvalue weighted by Crippen LogP contribution is -2.25. The molecule has 2 saturated carbocycles. The molecule has 3 heteroatoms. The van der Waals surface area contributed by atoms with Gasteiger partial charge in [0.1, 0.15) is 17.2 Å². The molecule has 4 unspecified atom stereocenters. The molecule has 0 aromatic carbocycles. The Morgan fingerprint density at radius 1 is 1.32 bits per heavy atom. The van der Waals surface area contributed by atoms with Crippen molar-refractivity contribution in [2.24, 2.45) is 23.7 Å². The van der Waals surface area contributed by atoms with E-state index >= 15 is 0 Å². The average Bonchev–Trinajstić information content (AvgIpc) is 2.85. The number of nitriles is 1. The zero-order chi connectivity index (χ0) is 14.2. The third kappa shape index (κ3) is 3.00. The molecule has 0 heterocycles. The fourth-order valence-corrected chi connectivity index (χ4v) is 3.59. The van der Waals surface area contributed by atoms with Gasteiger partial charge < -0.3 is 4.74 Å². The van der Waals surface area contributed by atoms with Crippen molar-refractivity contribution in [3.63, 3.8) is 0 Å². The molecule has 4 atom stereocenters. The highest BCUT2D eigenvalue weighted by atomic mass is 16.6. The highest BCUT2D eigenvalue weighted by Gasteiger charge is 2.44. The lowest BCUT2D eigenvalue weighted by molar-refractivity contribution is -0.149. The van der Waals surface area contributed by atoms with Crippen molar-refractivity contribution in [3.8, 4) is 6.07 Å². The third-order valence-electron chi connectivity index (χ3n) is 4.51. The van der Waals surface area contributed by atoms with E-state index in [0.29, 0.717) is 17.8 Å². The summed E-state index contributed by atoms with van der Waals surface area (Å²) >= 11 is 0. The minimum absolute atomic E-state index is 0.180. The molecule has 19 heavy (non-hydrogen) atoms. The first kappa shape index (κ1) is 14.1. The van der Waals surface area contributed by atoms with Crippen LogP contribution in [0.15, 0.2) is 11.6 Å². The van der Waals surface area contributed by atoms with Crippen LogP contribution in [0.25, 0.3) is 0 Å². The predicted octanol–water partition coefficient (Wildman–Crippen LogP) is 3.46. The van der Waals surface area contributed by atoms with Gasteiger partial charge in [-0.05, 0) is 63.7 Å². The maximum atomic E-state index is 12.0. The Kier molecular flexibility index (Phi) is 3.71. The van der Waals surface area contributed by atoms with Crippen LogP contribution in [0.4, 0.5) is 0 Å². The van der Waals surface area contributed by atoms with Crippen molar-refractivity contribution in [2.75, 3.05) is 0 Å². The second-order valence-electron chi connectivity index (χ2n) is 6.96. The summed E-state index contributed by atoms with van der Waals surface area (Å²) in [6.07, 6.45) is 5.69. The van der Waals surface area contributed by atoms with E-state index in [0.717, 1.165) is 5.92 Å². The lowest BCUT2D eigenvalue weighted by Gasteiger charge is -2.26. The van der Waals surface area contributed by atoms with E-state index in [1.165, 1.54) is 19.3 Å². The number of fused-ring (bicyclic) bond motifs is 2. The fraction of sp³-hybridized carbons (Fsp3) is 0.750. The van der Waals surface area contributed by atoms with Crippen LogP contribution in [0.2, 0.25) is 0 Å². The summed E-state index contributed by atoms with van der Waals surface area (Å²) in [6.45, 7) is 7.70. The Hall–Kier alpha value is -1.30. The van der Waals surface area contributed by atoms with E-state index in [-0.39, 0.29) is 5.57 Å². The zero-order valence-electron chi connectivity index (χ0n) is 12.3. The van der Waals surface area contributed by atoms with E-state index in [1.807, 2.05) is 32.9 Å². The summed E-state index contributed by atoms with van der Waals surface area (Å²) in [5, 5.41) is 9.19. The van der Waals surface area contributed by atoms with Crippen LogP contribution in [0, 0.1) is 35.0 Å². The first-order chi connectivity index (χ1) is 8.81. The second kappa shape index (κ2) is 5.00. The lowest BCUT2D eigenvalue weighted by atomic mass is 9.79. The molecule has 2 aliphatic carbocycles. The maximum Gasteiger partial charge on any atom is 0.349 e. The average molecular weight is 261 g/mol. The van der Waals surface area contributed by atoms with E-state index < -0.39 is 11.6 Å². The number of esters is 1. The molecule has 0 spiro atoms. The summed E-state index contributed by atoms with van der Waals surface area (Å²) in [5.74, 6) is 1.92. The Morgan fingerprint density at radius 2 is 1.95 bits per heavy atom. The van der Waals surface area contributed by atoms with Crippen molar-refractivity contribution in [3.05, 3.63) is 11.6 Å². The molecule has 2 aliphatic rings. The van der Waals surface area contributed by atoms with Crippen LogP contribution >= 0.6 is 0 Å². The van der Waals surface area contributed by atoms with Crippen LogP contribution < -0.4 is 0 Å². The molecule has 0 aliphatic heterocycles. The molecule has 2 rings (SSSR count). The monoisotopic (exact) mass is 261 g/mol. The van der Waals surface area contributed by atoms with Crippen LogP contribution in [-0.4, -0.2) is 11.6 Å². The molecular weight excluding hydrogens is 238 g/mol. The van der Waals surface area contributed by atoms with E-state index in [9.17, 15) is 10.1 Å². The molecular formula is C16H23NO2. The number of carbonyl (C=O) groups is 1.